The Bertz CT molecular complexity index is 674. The van der Waals surface area contributed by atoms with E-state index in [9.17, 15) is 23.1 Å². The smallest absolute Gasteiger partial charge is 0.422 e. The summed E-state index contributed by atoms with van der Waals surface area (Å²) in [5.74, 6) is -0.537. The van der Waals surface area contributed by atoms with Crippen LogP contribution in [0.15, 0.2) is 54.6 Å². The highest BCUT2D eigenvalue weighted by Crippen LogP contribution is 2.19. The summed E-state index contributed by atoms with van der Waals surface area (Å²) < 4.78 is 41.1. The molecule has 0 aliphatic carbocycles. The molecule has 0 spiro atoms. The van der Waals surface area contributed by atoms with E-state index < -0.39 is 24.8 Å². The summed E-state index contributed by atoms with van der Waals surface area (Å²) in [5.41, 5.74) is 1.01. The lowest BCUT2D eigenvalue weighted by molar-refractivity contribution is -0.153. The predicted molar refractivity (Wildman–Crippen MR) is 81.2 cm³/mol. The van der Waals surface area contributed by atoms with Crippen molar-refractivity contribution in [1.29, 1.82) is 0 Å². The summed E-state index contributed by atoms with van der Waals surface area (Å²) in [5, 5.41) is 12.5. The van der Waals surface area contributed by atoms with E-state index in [1.165, 1.54) is 18.2 Å². The molecular formula is C17H16F3NO3. The number of hydrogen-bond acceptors (Lipinski definition) is 3. The number of aliphatic hydroxyl groups is 1. The Balaban J connectivity index is 1.91. The first-order valence-electron chi connectivity index (χ1n) is 7.14. The number of carbonyl (C=O) groups excluding carboxylic acids is 1. The Morgan fingerprint density at radius 1 is 1.12 bits per heavy atom. The molecule has 4 nitrogen and oxygen atoms in total. The first kappa shape index (κ1) is 17.8. The van der Waals surface area contributed by atoms with Gasteiger partial charge in [-0.2, -0.15) is 13.2 Å². The second-order valence-electron chi connectivity index (χ2n) is 5.08. The van der Waals surface area contributed by atoms with Gasteiger partial charge in [-0.3, -0.25) is 4.79 Å². The van der Waals surface area contributed by atoms with E-state index in [0.717, 1.165) is 0 Å². The highest BCUT2D eigenvalue weighted by molar-refractivity contribution is 5.81. The van der Waals surface area contributed by atoms with Gasteiger partial charge >= 0.3 is 6.18 Å². The summed E-state index contributed by atoms with van der Waals surface area (Å²) in [6.45, 7) is -1.32. The number of nitrogens with one attached hydrogen (secondary N) is 1. The number of halogens is 3. The van der Waals surface area contributed by atoms with Gasteiger partial charge in [0.05, 0.1) is 0 Å². The number of hydrogen-bond donors (Lipinski definition) is 2. The lowest BCUT2D eigenvalue weighted by Crippen LogP contribution is -2.28. The minimum absolute atomic E-state index is 0.0580. The lowest BCUT2D eigenvalue weighted by Gasteiger charge is -2.13. The Morgan fingerprint density at radius 3 is 2.50 bits per heavy atom. The number of rotatable bonds is 6. The molecule has 2 rings (SSSR count). The molecule has 2 aromatic rings. The van der Waals surface area contributed by atoms with Crippen LogP contribution in [0.4, 0.5) is 13.2 Å². The third-order valence-electron chi connectivity index (χ3n) is 3.13. The average Bonchev–Trinajstić information content (AvgIpc) is 2.58. The largest absolute Gasteiger partial charge is 0.484 e. The van der Waals surface area contributed by atoms with Crippen LogP contribution in [0.3, 0.4) is 0 Å². The van der Waals surface area contributed by atoms with E-state index in [1.807, 2.05) is 0 Å². The topological polar surface area (TPSA) is 58.6 Å². The van der Waals surface area contributed by atoms with Gasteiger partial charge in [-0.1, -0.05) is 42.5 Å². The first-order chi connectivity index (χ1) is 11.3. The van der Waals surface area contributed by atoms with E-state index in [-0.39, 0.29) is 12.3 Å². The van der Waals surface area contributed by atoms with Gasteiger partial charge in [0.15, 0.2) is 12.7 Å². The van der Waals surface area contributed by atoms with Crippen molar-refractivity contribution in [2.45, 2.75) is 18.8 Å². The molecule has 2 aromatic carbocycles. The molecule has 1 amide bonds. The number of aliphatic hydroxyl groups excluding tert-OH is 1. The first-order valence-corrected chi connectivity index (χ1v) is 7.14. The van der Waals surface area contributed by atoms with Crippen molar-refractivity contribution in [3.8, 4) is 5.75 Å². The molecule has 24 heavy (non-hydrogen) atoms. The Morgan fingerprint density at radius 2 is 1.83 bits per heavy atom. The number of alkyl halides is 3. The van der Waals surface area contributed by atoms with Crippen molar-refractivity contribution in [1.82, 2.24) is 5.32 Å². The van der Waals surface area contributed by atoms with E-state index in [1.54, 1.807) is 36.4 Å². The van der Waals surface area contributed by atoms with E-state index in [2.05, 4.69) is 10.1 Å². The maximum atomic E-state index is 12.1. The van der Waals surface area contributed by atoms with E-state index in [4.69, 9.17) is 0 Å². The summed E-state index contributed by atoms with van der Waals surface area (Å²) >= 11 is 0. The Kier molecular flexibility index (Phi) is 5.81. The highest BCUT2D eigenvalue weighted by Gasteiger charge is 2.28. The van der Waals surface area contributed by atoms with Gasteiger partial charge in [0.2, 0.25) is 0 Å². The quantitative estimate of drug-likeness (QED) is 0.851. The predicted octanol–water partition coefficient (Wildman–Crippen LogP) is 2.98. The molecule has 1 atom stereocenters. The van der Waals surface area contributed by atoms with Crippen LogP contribution >= 0.6 is 0 Å². The monoisotopic (exact) mass is 339 g/mol. The highest BCUT2D eigenvalue weighted by atomic mass is 19.4. The molecule has 0 aliphatic rings. The molecule has 0 saturated carbocycles. The molecule has 7 heteroatoms. The van der Waals surface area contributed by atoms with Crippen LogP contribution in [0, 0.1) is 0 Å². The fourth-order valence-electron chi connectivity index (χ4n) is 1.98. The Hall–Kier alpha value is -2.54. The minimum atomic E-state index is -4.41. The van der Waals surface area contributed by atoms with Gasteiger partial charge in [-0.15, -0.1) is 0 Å². The zero-order chi connectivity index (χ0) is 17.6. The molecule has 0 fully saturated rings. The zero-order valence-corrected chi connectivity index (χ0v) is 12.6. The van der Waals surface area contributed by atoms with Crippen molar-refractivity contribution in [3.63, 3.8) is 0 Å². The van der Waals surface area contributed by atoms with E-state index in [0.29, 0.717) is 11.1 Å². The van der Waals surface area contributed by atoms with Crippen LogP contribution in [0.2, 0.25) is 0 Å². The van der Waals surface area contributed by atoms with Crippen molar-refractivity contribution in [2.24, 2.45) is 0 Å². The van der Waals surface area contributed by atoms with Crippen LogP contribution in [-0.2, 0) is 11.3 Å². The van der Waals surface area contributed by atoms with Gasteiger partial charge in [0, 0.05) is 6.54 Å². The van der Waals surface area contributed by atoms with Gasteiger partial charge in [0.25, 0.3) is 5.91 Å². The number of benzene rings is 2. The van der Waals surface area contributed by atoms with Gasteiger partial charge in [0.1, 0.15) is 5.75 Å². The van der Waals surface area contributed by atoms with Gasteiger partial charge in [-0.25, -0.2) is 0 Å². The molecule has 1 unspecified atom stereocenters. The van der Waals surface area contributed by atoms with Gasteiger partial charge < -0.3 is 15.2 Å². The lowest BCUT2D eigenvalue weighted by atomic mass is 10.1. The summed E-state index contributed by atoms with van der Waals surface area (Å²) in [6, 6.07) is 14.4. The molecule has 0 aromatic heterocycles. The fraction of sp³-hybridized carbons (Fsp3) is 0.235. The second-order valence-corrected chi connectivity index (χ2v) is 5.08. The fourth-order valence-corrected chi connectivity index (χ4v) is 1.98. The van der Waals surface area contributed by atoms with Crippen LogP contribution in [-0.4, -0.2) is 23.8 Å². The van der Waals surface area contributed by atoms with E-state index >= 15 is 0 Å². The van der Waals surface area contributed by atoms with Crippen molar-refractivity contribution >= 4 is 5.91 Å². The van der Waals surface area contributed by atoms with Crippen LogP contribution in [0.1, 0.15) is 17.2 Å². The Labute approximate surface area is 136 Å². The maximum absolute atomic E-state index is 12.1. The molecule has 0 radical (unpaired) electrons. The summed E-state index contributed by atoms with van der Waals surface area (Å²) in [4.78, 5) is 11.9. The summed E-state index contributed by atoms with van der Waals surface area (Å²) in [7, 11) is 0. The molecular weight excluding hydrogens is 323 g/mol. The number of ether oxygens (including phenoxy) is 1. The van der Waals surface area contributed by atoms with Crippen LogP contribution in [0.25, 0.3) is 0 Å². The van der Waals surface area contributed by atoms with Crippen molar-refractivity contribution in [2.75, 3.05) is 6.61 Å². The number of amides is 1. The van der Waals surface area contributed by atoms with Crippen LogP contribution in [0.5, 0.6) is 5.75 Å². The summed E-state index contributed by atoms with van der Waals surface area (Å²) in [6.07, 6.45) is -5.72. The molecule has 128 valence electrons. The van der Waals surface area contributed by atoms with Gasteiger partial charge in [-0.05, 0) is 23.3 Å². The normalized spacial score (nSPS) is 12.5. The number of carbonyl (C=O) groups is 1. The molecule has 0 saturated heterocycles. The molecule has 2 N–H and O–H groups in total. The average molecular weight is 339 g/mol. The zero-order valence-electron chi connectivity index (χ0n) is 12.6. The molecule has 0 aliphatic heterocycles. The SMILES string of the molecule is O=C(NCc1cccc(OCC(F)(F)F)c1)C(O)c1ccccc1. The van der Waals surface area contributed by atoms with Crippen LogP contribution < -0.4 is 10.1 Å². The minimum Gasteiger partial charge on any atom is -0.484 e. The molecule has 0 bridgehead atoms. The molecule has 0 heterocycles. The van der Waals surface area contributed by atoms with Crippen molar-refractivity contribution in [3.05, 3.63) is 65.7 Å². The maximum Gasteiger partial charge on any atom is 0.422 e. The second kappa shape index (κ2) is 7.83. The third kappa shape index (κ3) is 5.58. The van der Waals surface area contributed by atoms with Crippen molar-refractivity contribution < 1.29 is 27.8 Å². The third-order valence-corrected chi connectivity index (χ3v) is 3.13. The standard InChI is InChI=1S/C17H16F3NO3/c18-17(19,20)11-24-14-8-4-5-12(9-14)10-21-16(23)15(22)13-6-2-1-3-7-13/h1-9,15,22H,10-11H2,(H,21,23).